The molecule has 0 radical (unpaired) electrons. The smallest absolute Gasteiger partial charge is 0.252 e. The first kappa shape index (κ1) is 57.3. The maximum Gasteiger partial charge on any atom is 0.252 e. The van der Waals surface area contributed by atoms with Crippen LogP contribution in [0.3, 0.4) is 0 Å². The third kappa shape index (κ3) is 8.80. The number of benzene rings is 13. The van der Waals surface area contributed by atoms with Crippen LogP contribution in [0, 0.1) is 11.8 Å². The summed E-state index contributed by atoms with van der Waals surface area (Å²) in [7, 11) is 0. The standard InChI is InChI=1S/C91H73B2N5/c1-91(2,3)65-53-83-87-84(54-65)98(90-73(63-32-14-6-15-33-63)42-27-43-74(90)64-34-16-7-17-35-64)82-58-81-77(57-78(82)93(87)76-45-23-25-47-80(76)97(83)89-71(61-28-10-4-11-29-61)40-26-41-72(89)62-30-12-5-13-31-62)92-75-44-22-24-46-79(75)95(66-36-18-8-19-37-66)85-55-70(94-68-49-59-48-60(51-68)52-69(94)50-59)56-86(88(85)92)96(81)67-38-20-9-21-39-67/h4-47,53-60,68-69H,48-52H2,1-3H3. The van der Waals surface area contributed by atoms with Gasteiger partial charge < -0.3 is 24.5 Å². The van der Waals surface area contributed by atoms with Crippen LogP contribution in [0.1, 0.15) is 58.4 Å². The largest absolute Gasteiger partial charge is 0.365 e. The van der Waals surface area contributed by atoms with Crippen LogP contribution in [0.15, 0.2) is 303 Å². The van der Waals surface area contributed by atoms with Crippen molar-refractivity contribution >= 4 is 120 Å². The predicted molar refractivity (Wildman–Crippen MR) is 415 cm³/mol. The van der Waals surface area contributed by atoms with E-state index in [1.165, 1.54) is 172 Å². The lowest BCUT2D eigenvalue weighted by atomic mass is 9.30. The van der Waals surface area contributed by atoms with Crippen molar-refractivity contribution in [1.82, 2.24) is 0 Å². The maximum atomic E-state index is 2.92. The zero-order chi connectivity index (χ0) is 64.9. The minimum atomic E-state index is -0.271. The van der Waals surface area contributed by atoms with Gasteiger partial charge in [0, 0.05) is 96.9 Å². The fourth-order valence-electron chi connectivity index (χ4n) is 19.1. The molecule has 21 rings (SSSR count). The van der Waals surface area contributed by atoms with Crippen molar-refractivity contribution in [3.63, 3.8) is 0 Å². The van der Waals surface area contributed by atoms with E-state index in [4.69, 9.17) is 0 Å². The van der Waals surface area contributed by atoms with Crippen molar-refractivity contribution in [2.75, 3.05) is 24.5 Å². The fraction of sp³-hybridized carbons (Fsp3) is 0.143. The lowest BCUT2D eigenvalue weighted by Crippen LogP contribution is -2.65. The molecule has 4 bridgehead atoms. The van der Waals surface area contributed by atoms with Gasteiger partial charge in [-0.2, -0.15) is 0 Å². The summed E-state index contributed by atoms with van der Waals surface area (Å²) < 4.78 is 0. The molecule has 13 aromatic carbocycles. The molecule has 98 heavy (non-hydrogen) atoms. The Morgan fingerprint density at radius 3 is 1.02 bits per heavy atom. The Kier molecular flexibility index (Phi) is 13.0. The molecule has 5 nitrogen and oxygen atoms in total. The molecule has 2 saturated carbocycles. The van der Waals surface area contributed by atoms with E-state index in [2.05, 4.69) is 349 Å². The van der Waals surface area contributed by atoms with Gasteiger partial charge in [0.25, 0.3) is 13.4 Å². The van der Waals surface area contributed by atoms with Gasteiger partial charge in [-0.05, 0) is 177 Å². The maximum absolute atomic E-state index is 2.92. The average molecular weight is 1260 g/mol. The molecule has 0 unspecified atom stereocenters. The van der Waals surface area contributed by atoms with E-state index >= 15 is 0 Å². The molecule has 4 fully saturated rings. The second-order valence-corrected chi connectivity index (χ2v) is 29.5. The Bertz CT molecular complexity index is 5160. The Labute approximate surface area is 576 Å². The summed E-state index contributed by atoms with van der Waals surface area (Å²) in [5.41, 5.74) is 33.9. The van der Waals surface area contributed by atoms with Crippen LogP contribution in [0.2, 0.25) is 0 Å². The molecule has 2 saturated heterocycles. The van der Waals surface area contributed by atoms with Gasteiger partial charge in [-0.25, -0.2) is 0 Å². The molecule has 0 atom stereocenters. The summed E-state index contributed by atoms with van der Waals surface area (Å²) in [4.78, 5) is 13.7. The van der Waals surface area contributed by atoms with E-state index < -0.39 is 0 Å². The molecule has 468 valence electrons. The molecule has 0 amide bonds. The van der Waals surface area contributed by atoms with E-state index in [0.29, 0.717) is 12.1 Å². The van der Waals surface area contributed by atoms with Gasteiger partial charge >= 0.3 is 0 Å². The minimum absolute atomic E-state index is 0.116. The molecule has 0 aromatic heterocycles. The molecule has 6 heterocycles. The van der Waals surface area contributed by atoms with Gasteiger partial charge in [-0.15, -0.1) is 0 Å². The molecule has 13 aromatic rings. The Morgan fingerprint density at radius 1 is 0.276 bits per heavy atom. The van der Waals surface area contributed by atoms with Crippen molar-refractivity contribution in [3.8, 4) is 44.5 Å². The molecule has 0 N–H and O–H groups in total. The zero-order valence-electron chi connectivity index (χ0n) is 55.6. The minimum Gasteiger partial charge on any atom is -0.365 e. The molecule has 2 aliphatic carbocycles. The molecule has 8 aliphatic rings. The molecule has 6 aliphatic heterocycles. The summed E-state index contributed by atoms with van der Waals surface area (Å²) in [6.07, 6.45) is 6.54. The van der Waals surface area contributed by atoms with Crippen molar-refractivity contribution in [2.45, 2.75) is 70.4 Å². The van der Waals surface area contributed by atoms with Crippen LogP contribution in [0.4, 0.5) is 73.9 Å². The SMILES string of the molecule is CC(C)(C)c1cc2c3c(c1)N(c1c(-c4ccccc4)cccc1-c1ccccc1)c1cc4c(cc1B3c1ccccc1N2c1c(-c2ccccc2)cccc1-c1ccccc1)B1c2ccccc2N(c2ccccc2)c2cc(N3C5CC6CC(C5)CC3C6)cc(c21)N4c1ccccc1. The van der Waals surface area contributed by atoms with Gasteiger partial charge in [0.2, 0.25) is 0 Å². The van der Waals surface area contributed by atoms with Gasteiger partial charge in [0.1, 0.15) is 0 Å². The van der Waals surface area contributed by atoms with E-state index in [1.807, 2.05) is 0 Å². The first-order valence-electron chi connectivity index (χ1n) is 35.6. The topological polar surface area (TPSA) is 16.2 Å². The van der Waals surface area contributed by atoms with Crippen molar-refractivity contribution in [3.05, 3.63) is 309 Å². The second-order valence-electron chi connectivity index (χ2n) is 29.5. The van der Waals surface area contributed by atoms with Crippen LogP contribution in [0.5, 0.6) is 0 Å². The summed E-state index contributed by atoms with van der Waals surface area (Å²) in [6.45, 7) is 6.89. The van der Waals surface area contributed by atoms with Crippen molar-refractivity contribution in [1.29, 1.82) is 0 Å². The molecule has 7 heteroatoms. The number of hydrogen-bond acceptors (Lipinski definition) is 5. The van der Waals surface area contributed by atoms with Gasteiger partial charge in [0.15, 0.2) is 0 Å². The number of rotatable bonds is 9. The third-order valence-corrected chi connectivity index (χ3v) is 23.0. The summed E-state index contributed by atoms with van der Waals surface area (Å²) in [6, 6.07) is 117. The number of piperidine rings is 2. The molecular weight excluding hydrogens is 1180 g/mol. The number of para-hydroxylation sites is 6. The number of fused-ring (bicyclic) bond motifs is 8. The average Bonchev–Trinajstić information content (AvgIpc) is 0.682. The highest BCUT2D eigenvalue weighted by atomic mass is 15.2. The Hall–Kier alpha value is -11.0. The van der Waals surface area contributed by atoms with Crippen LogP contribution in [0.25, 0.3) is 44.5 Å². The van der Waals surface area contributed by atoms with E-state index in [-0.39, 0.29) is 18.8 Å². The van der Waals surface area contributed by atoms with E-state index in [0.717, 1.165) is 28.9 Å². The van der Waals surface area contributed by atoms with Crippen LogP contribution >= 0.6 is 0 Å². The van der Waals surface area contributed by atoms with Gasteiger partial charge in [0.05, 0.1) is 11.4 Å². The highest BCUT2D eigenvalue weighted by molar-refractivity contribution is 7.03. The van der Waals surface area contributed by atoms with E-state index in [1.54, 1.807) is 0 Å². The number of anilines is 13. The van der Waals surface area contributed by atoms with Crippen LogP contribution in [-0.4, -0.2) is 25.5 Å². The number of hydrogen-bond donors (Lipinski definition) is 0. The quantitative estimate of drug-likeness (QED) is 0.134. The predicted octanol–water partition coefficient (Wildman–Crippen LogP) is 19.6. The summed E-state index contributed by atoms with van der Waals surface area (Å²) >= 11 is 0. The Balaban J connectivity index is 0.935. The van der Waals surface area contributed by atoms with Gasteiger partial charge in [-0.3, -0.25) is 0 Å². The monoisotopic (exact) mass is 1260 g/mol. The second kappa shape index (κ2) is 22.3. The highest BCUT2D eigenvalue weighted by Gasteiger charge is 2.52. The summed E-state index contributed by atoms with van der Waals surface area (Å²) in [5, 5.41) is 0. The van der Waals surface area contributed by atoms with E-state index in [9.17, 15) is 0 Å². The zero-order valence-corrected chi connectivity index (χ0v) is 55.6. The first-order valence-corrected chi connectivity index (χ1v) is 35.6. The third-order valence-electron chi connectivity index (χ3n) is 23.0. The van der Waals surface area contributed by atoms with Crippen molar-refractivity contribution < 1.29 is 0 Å². The highest BCUT2D eigenvalue weighted by Crippen LogP contribution is 2.57. The van der Waals surface area contributed by atoms with Crippen LogP contribution < -0.4 is 57.3 Å². The molecule has 0 spiro atoms. The number of nitrogens with zero attached hydrogens (tertiary/aromatic N) is 5. The van der Waals surface area contributed by atoms with Gasteiger partial charge in [-0.1, -0.05) is 257 Å². The lowest BCUT2D eigenvalue weighted by Gasteiger charge is -2.58. The van der Waals surface area contributed by atoms with Crippen LogP contribution in [-0.2, 0) is 5.41 Å². The summed E-state index contributed by atoms with van der Waals surface area (Å²) in [5.74, 6) is 1.66. The first-order chi connectivity index (χ1) is 48.3. The fourth-order valence-corrected chi connectivity index (χ4v) is 19.1. The normalized spacial score (nSPS) is 18.0. The Morgan fingerprint density at radius 2 is 0.612 bits per heavy atom. The van der Waals surface area contributed by atoms with Crippen molar-refractivity contribution in [2.24, 2.45) is 11.8 Å². The lowest BCUT2D eigenvalue weighted by molar-refractivity contribution is 0.0900. The molecular formula is C91H73B2N5.